The summed E-state index contributed by atoms with van der Waals surface area (Å²) in [5.74, 6) is -0.192. The summed E-state index contributed by atoms with van der Waals surface area (Å²) in [7, 11) is -3.58. The highest BCUT2D eigenvalue weighted by Crippen LogP contribution is 2.36. The average molecular weight is 345 g/mol. The van der Waals surface area contributed by atoms with Gasteiger partial charge < -0.3 is 5.32 Å². The highest BCUT2D eigenvalue weighted by atomic mass is 32.2. The summed E-state index contributed by atoms with van der Waals surface area (Å²) in [6, 6.07) is 9.83. The molecule has 2 aromatic rings. The van der Waals surface area contributed by atoms with Gasteiger partial charge in [-0.3, -0.25) is 9.78 Å². The van der Waals surface area contributed by atoms with Crippen molar-refractivity contribution in [1.29, 1.82) is 0 Å². The second-order valence-corrected chi connectivity index (χ2v) is 7.65. The van der Waals surface area contributed by atoms with E-state index in [0.29, 0.717) is 12.2 Å². The van der Waals surface area contributed by atoms with Gasteiger partial charge in [0.1, 0.15) is 0 Å². The molecule has 0 aliphatic carbocycles. The highest BCUT2D eigenvalue weighted by molar-refractivity contribution is 7.89. The van der Waals surface area contributed by atoms with Crippen molar-refractivity contribution in [3.05, 3.63) is 54.4 Å². The Morgan fingerprint density at radius 1 is 1.17 bits per heavy atom. The molecule has 1 aromatic carbocycles. The minimum Gasteiger partial charge on any atom is -0.326 e. The number of carbonyl (C=O) groups is 1. The summed E-state index contributed by atoms with van der Waals surface area (Å²) in [6.45, 7) is 1.91. The van der Waals surface area contributed by atoms with Crippen LogP contribution in [-0.2, 0) is 14.8 Å². The fourth-order valence-electron chi connectivity index (χ4n) is 3.00. The van der Waals surface area contributed by atoms with Gasteiger partial charge in [-0.1, -0.05) is 0 Å². The Morgan fingerprint density at radius 3 is 2.46 bits per heavy atom. The standard InChI is InChI=1S/C17H19N3O3S/c1-13(21)19-15-4-6-16(7-5-15)24(22,23)20-12-2-3-17(20)14-8-10-18-11-9-14/h4-11,17H,2-3,12H2,1H3,(H,19,21)/t17-/m0/s1. The van der Waals surface area contributed by atoms with Crippen LogP contribution in [0.5, 0.6) is 0 Å². The van der Waals surface area contributed by atoms with Gasteiger partial charge in [-0.05, 0) is 54.8 Å². The zero-order valence-electron chi connectivity index (χ0n) is 13.3. The number of nitrogens with one attached hydrogen (secondary N) is 1. The van der Waals surface area contributed by atoms with Crippen molar-refractivity contribution in [1.82, 2.24) is 9.29 Å². The van der Waals surface area contributed by atoms with E-state index >= 15 is 0 Å². The van der Waals surface area contributed by atoms with Crippen LogP contribution < -0.4 is 5.32 Å². The van der Waals surface area contributed by atoms with Crippen LogP contribution in [0.1, 0.15) is 31.4 Å². The Morgan fingerprint density at radius 2 is 1.83 bits per heavy atom. The molecule has 1 saturated heterocycles. The van der Waals surface area contributed by atoms with Gasteiger partial charge in [0.05, 0.1) is 10.9 Å². The third kappa shape index (κ3) is 3.32. The number of anilines is 1. The van der Waals surface area contributed by atoms with Gasteiger partial charge in [0.25, 0.3) is 0 Å². The maximum absolute atomic E-state index is 13.0. The van der Waals surface area contributed by atoms with Gasteiger partial charge in [0.2, 0.25) is 15.9 Å². The minimum absolute atomic E-state index is 0.159. The van der Waals surface area contributed by atoms with Crippen LogP contribution in [0.2, 0.25) is 0 Å². The maximum Gasteiger partial charge on any atom is 0.243 e. The van der Waals surface area contributed by atoms with E-state index in [0.717, 1.165) is 18.4 Å². The predicted octanol–water partition coefficient (Wildman–Crippen LogP) is 2.57. The number of benzene rings is 1. The molecule has 24 heavy (non-hydrogen) atoms. The molecule has 3 rings (SSSR count). The van der Waals surface area contributed by atoms with Crippen molar-refractivity contribution in [3.63, 3.8) is 0 Å². The molecule has 0 radical (unpaired) electrons. The topological polar surface area (TPSA) is 79.4 Å². The lowest BCUT2D eigenvalue weighted by Crippen LogP contribution is -2.30. The Balaban J connectivity index is 1.88. The van der Waals surface area contributed by atoms with Crippen molar-refractivity contribution >= 4 is 21.6 Å². The Kier molecular flexibility index (Phi) is 4.64. The van der Waals surface area contributed by atoms with Crippen LogP contribution in [0, 0.1) is 0 Å². The number of hydrogen-bond donors (Lipinski definition) is 1. The van der Waals surface area contributed by atoms with Crippen molar-refractivity contribution < 1.29 is 13.2 Å². The summed E-state index contributed by atoms with van der Waals surface area (Å²) < 4.78 is 27.5. The number of rotatable bonds is 4. The van der Waals surface area contributed by atoms with Crippen LogP contribution in [0.4, 0.5) is 5.69 Å². The molecule has 0 spiro atoms. The van der Waals surface area contributed by atoms with Crippen LogP contribution in [0.15, 0.2) is 53.7 Å². The summed E-state index contributed by atoms with van der Waals surface area (Å²) in [5, 5.41) is 2.63. The summed E-state index contributed by atoms with van der Waals surface area (Å²) in [4.78, 5) is 15.3. The van der Waals surface area contributed by atoms with Gasteiger partial charge >= 0.3 is 0 Å². The number of carbonyl (C=O) groups excluding carboxylic acids is 1. The molecule has 0 unspecified atom stereocenters. The Bertz CT molecular complexity index is 820. The molecule has 0 bridgehead atoms. The van der Waals surface area contributed by atoms with Crippen LogP contribution in [0.3, 0.4) is 0 Å². The average Bonchev–Trinajstić information content (AvgIpc) is 3.06. The van der Waals surface area contributed by atoms with E-state index in [2.05, 4.69) is 10.3 Å². The number of nitrogens with zero attached hydrogens (tertiary/aromatic N) is 2. The number of amides is 1. The van der Waals surface area contributed by atoms with Crippen LogP contribution >= 0.6 is 0 Å². The summed E-state index contributed by atoms with van der Waals surface area (Å²) >= 11 is 0. The van der Waals surface area contributed by atoms with E-state index in [1.807, 2.05) is 12.1 Å². The number of pyridine rings is 1. The van der Waals surface area contributed by atoms with Crippen molar-refractivity contribution in [2.45, 2.75) is 30.7 Å². The lowest BCUT2D eigenvalue weighted by molar-refractivity contribution is -0.114. The molecule has 2 heterocycles. The summed E-state index contributed by atoms with van der Waals surface area (Å²) in [6.07, 6.45) is 4.99. The second-order valence-electron chi connectivity index (χ2n) is 5.76. The van der Waals surface area contributed by atoms with Gasteiger partial charge in [0.15, 0.2) is 0 Å². The SMILES string of the molecule is CC(=O)Nc1ccc(S(=O)(=O)N2CCC[C@H]2c2ccncc2)cc1. The second kappa shape index (κ2) is 6.70. The highest BCUT2D eigenvalue weighted by Gasteiger charge is 2.36. The molecule has 0 saturated carbocycles. The zero-order valence-corrected chi connectivity index (χ0v) is 14.2. The number of hydrogen-bond acceptors (Lipinski definition) is 4. The molecule has 1 amide bonds. The molecule has 1 aliphatic heterocycles. The normalized spacial score (nSPS) is 18.5. The molecule has 6 nitrogen and oxygen atoms in total. The van der Waals surface area contributed by atoms with Gasteiger partial charge in [-0.25, -0.2) is 8.42 Å². The number of sulfonamides is 1. The molecule has 7 heteroatoms. The zero-order chi connectivity index (χ0) is 17.2. The van der Waals surface area contributed by atoms with Crippen LogP contribution in [-0.4, -0.2) is 30.2 Å². The van der Waals surface area contributed by atoms with Crippen LogP contribution in [0.25, 0.3) is 0 Å². The third-order valence-electron chi connectivity index (χ3n) is 4.08. The maximum atomic E-state index is 13.0. The first-order valence-corrected chi connectivity index (χ1v) is 9.22. The smallest absolute Gasteiger partial charge is 0.243 e. The monoisotopic (exact) mass is 345 g/mol. The Labute approximate surface area is 141 Å². The first-order valence-electron chi connectivity index (χ1n) is 7.78. The van der Waals surface area contributed by atoms with E-state index in [4.69, 9.17) is 0 Å². The molecule has 1 atom stereocenters. The van der Waals surface area contributed by atoms with Crippen molar-refractivity contribution in [3.8, 4) is 0 Å². The predicted molar refractivity (Wildman–Crippen MR) is 90.8 cm³/mol. The largest absolute Gasteiger partial charge is 0.326 e. The van der Waals surface area contributed by atoms with E-state index in [9.17, 15) is 13.2 Å². The quantitative estimate of drug-likeness (QED) is 0.923. The van der Waals surface area contributed by atoms with Crippen molar-refractivity contribution in [2.24, 2.45) is 0 Å². The van der Waals surface area contributed by atoms with E-state index < -0.39 is 10.0 Å². The molecule has 1 aliphatic rings. The van der Waals surface area contributed by atoms with Gasteiger partial charge in [-0.15, -0.1) is 0 Å². The first kappa shape index (κ1) is 16.6. The molecule has 1 aromatic heterocycles. The van der Waals surface area contributed by atoms with Gasteiger partial charge in [-0.2, -0.15) is 4.31 Å². The number of aromatic nitrogens is 1. The first-order chi connectivity index (χ1) is 11.5. The lowest BCUT2D eigenvalue weighted by Gasteiger charge is -2.24. The van der Waals surface area contributed by atoms with Gasteiger partial charge in [0, 0.05) is 31.5 Å². The minimum atomic E-state index is -3.58. The van der Waals surface area contributed by atoms with E-state index in [1.54, 1.807) is 28.8 Å². The molecule has 126 valence electrons. The van der Waals surface area contributed by atoms with Crippen molar-refractivity contribution in [2.75, 3.05) is 11.9 Å². The molecule has 1 fully saturated rings. The lowest BCUT2D eigenvalue weighted by atomic mass is 10.1. The molecular weight excluding hydrogens is 326 g/mol. The third-order valence-corrected chi connectivity index (χ3v) is 6.00. The fourth-order valence-corrected chi connectivity index (χ4v) is 4.68. The Hall–Kier alpha value is -2.25. The molecular formula is C17H19N3O3S. The summed E-state index contributed by atoms with van der Waals surface area (Å²) in [5.41, 5.74) is 1.54. The fraction of sp³-hybridized carbons (Fsp3) is 0.294. The van der Waals surface area contributed by atoms with E-state index in [-0.39, 0.29) is 16.8 Å². The van der Waals surface area contributed by atoms with E-state index in [1.165, 1.54) is 19.1 Å². The molecule has 1 N–H and O–H groups in total.